The smallest absolute Gasteiger partial charge is 0.417 e. The molecule has 6 heteroatoms. The summed E-state index contributed by atoms with van der Waals surface area (Å²) in [7, 11) is 0. The van der Waals surface area contributed by atoms with Crippen molar-refractivity contribution in [2.45, 2.75) is 19.5 Å². The maximum atomic E-state index is 12.2. The van der Waals surface area contributed by atoms with Crippen LogP contribution in [0.2, 0.25) is 0 Å². The van der Waals surface area contributed by atoms with Crippen molar-refractivity contribution in [1.82, 2.24) is 4.98 Å². The molecule has 1 aromatic rings. The van der Waals surface area contributed by atoms with Crippen LogP contribution in [0.1, 0.15) is 28.5 Å². The molecule has 0 amide bonds. The van der Waals surface area contributed by atoms with Gasteiger partial charge in [-0.05, 0) is 12.5 Å². The molecule has 1 N–H and O–H groups in total. The zero-order chi connectivity index (χ0) is 11.6. The number of pyridine rings is 1. The first-order valence-corrected chi connectivity index (χ1v) is 4.15. The van der Waals surface area contributed by atoms with Crippen molar-refractivity contribution in [3.05, 3.63) is 29.1 Å². The van der Waals surface area contributed by atoms with Gasteiger partial charge in [0.05, 0.1) is 16.8 Å². The highest BCUT2D eigenvalue weighted by molar-refractivity contribution is 5.89. The van der Waals surface area contributed by atoms with Gasteiger partial charge in [-0.3, -0.25) is 4.98 Å². The van der Waals surface area contributed by atoms with E-state index < -0.39 is 23.3 Å². The summed E-state index contributed by atoms with van der Waals surface area (Å²) < 4.78 is 36.7. The quantitative estimate of drug-likeness (QED) is 0.830. The first kappa shape index (κ1) is 11.5. The molecule has 0 aliphatic carbocycles. The summed E-state index contributed by atoms with van der Waals surface area (Å²) >= 11 is 0. The van der Waals surface area contributed by atoms with Crippen molar-refractivity contribution in [3.63, 3.8) is 0 Å². The number of aromatic carboxylic acids is 1. The Morgan fingerprint density at radius 3 is 2.53 bits per heavy atom. The number of rotatable bonds is 2. The molecule has 15 heavy (non-hydrogen) atoms. The predicted molar refractivity (Wildman–Crippen MR) is 45.6 cm³/mol. The van der Waals surface area contributed by atoms with Gasteiger partial charge in [0, 0.05) is 6.20 Å². The molecule has 0 radical (unpaired) electrons. The first-order valence-electron chi connectivity index (χ1n) is 4.15. The van der Waals surface area contributed by atoms with Gasteiger partial charge in [0.15, 0.2) is 0 Å². The van der Waals surface area contributed by atoms with Crippen molar-refractivity contribution in [2.24, 2.45) is 0 Å². The highest BCUT2D eigenvalue weighted by atomic mass is 19.4. The van der Waals surface area contributed by atoms with Crippen LogP contribution < -0.4 is 0 Å². The number of alkyl halides is 3. The molecule has 82 valence electrons. The third-order valence-corrected chi connectivity index (χ3v) is 1.86. The Hall–Kier alpha value is -1.59. The molecular weight excluding hydrogens is 211 g/mol. The average Bonchev–Trinajstić information content (AvgIpc) is 2.15. The van der Waals surface area contributed by atoms with Crippen molar-refractivity contribution >= 4 is 5.97 Å². The molecule has 0 aromatic carbocycles. The summed E-state index contributed by atoms with van der Waals surface area (Å²) in [6.07, 6.45) is -3.64. The van der Waals surface area contributed by atoms with Gasteiger partial charge >= 0.3 is 12.1 Å². The highest BCUT2D eigenvalue weighted by Crippen LogP contribution is 2.29. The zero-order valence-corrected chi connectivity index (χ0v) is 7.80. The topological polar surface area (TPSA) is 50.2 Å². The van der Waals surface area contributed by atoms with E-state index in [-0.39, 0.29) is 12.1 Å². The Morgan fingerprint density at radius 1 is 1.53 bits per heavy atom. The van der Waals surface area contributed by atoms with Crippen LogP contribution >= 0.6 is 0 Å². The lowest BCUT2D eigenvalue weighted by molar-refractivity contribution is -0.137. The number of nitrogens with zero attached hydrogens (tertiary/aromatic N) is 1. The first-order chi connectivity index (χ1) is 6.86. The lowest BCUT2D eigenvalue weighted by Crippen LogP contribution is -2.11. The lowest BCUT2D eigenvalue weighted by atomic mass is 10.1. The standard InChI is InChI=1S/C9H8F3NO2/c1-2-7-6(8(14)15)3-5(4-13-7)9(10,11)12/h3-4H,2H2,1H3,(H,14,15). The van der Waals surface area contributed by atoms with Crippen molar-refractivity contribution in [3.8, 4) is 0 Å². The molecule has 0 saturated carbocycles. The SMILES string of the molecule is CCc1ncc(C(F)(F)F)cc1C(=O)O. The van der Waals surface area contributed by atoms with Gasteiger partial charge in [-0.1, -0.05) is 6.92 Å². The number of carbonyl (C=O) groups is 1. The molecule has 0 fully saturated rings. The molecule has 0 spiro atoms. The maximum Gasteiger partial charge on any atom is 0.417 e. The summed E-state index contributed by atoms with van der Waals surface area (Å²) in [5.41, 5.74) is -1.29. The number of carboxylic acid groups (broad SMARTS) is 1. The molecule has 0 saturated heterocycles. The van der Waals surface area contributed by atoms with Crippen LogP contribution in [-0.4, -0.2) is 16.1 Å². The fraction of sp³-hybridized carbons (Fsp3) is 0.333. The molecule has 0 atom stereocenters. The summed E-state index contributed by atoms with van der Waals surface area (Å²) in [6, 6.07) is 0.605. The van der Waals surface area contributed by atoms with Crippen LogP contribution in [0.4, 0.5) is 13.2 Å². The number of hydrogen-bond donors (Lipinski definition) is 1. The number of hydrogen-bond acceptors (Lipinski definition) is 2. The summed E-state index contributed by atoms with van der Waals surface area (Å²) in [6.45, 7) is 1.63. The average molecular weight is 219 g/mol. The van der Waals surface area contributed by atoms with Gasteiger partial charge < -0.3 is 5.11 Å². The van der Waals surface area contributed by atoms with E-state index in [2.05, 4.69) is 4.98 Å². The van der Waals surface area contributed by atoms with E-state index in [9.17, 15) is 18.0 Å². The third-order valence-electron chi connectivity index (χ3n) is 1.86. The molecule has 1 rings (SSSR count). The van der Waals surface area contributed by atoms with Crippen LogP contribution in [0.3, 0.4) is 0 Å². The molecule has 0 aliphatic rings. The Morgan fingerprint density at radius 2 is 2.13 bits per heavy atom. The largest absolute Gasteiger partial charge is 0.478 e. The van der Waals surface area contributed by atoms with Crippen molar-refractivity contribution in [1.29, 1.82) is 0 Å². The minimum absolute atomic E-state index is 0.149. The van der Waals surface area contributed by atoms with Crippen LogP contribution in [-0.2, 0) is 12.6 Å². The second-order valence-corrected chi connectivity index (χ2v) is 2.87. The Labute approximate surface area is 83.6 Å². The van der Waals surface area contributed by atoms with Crippen molar-refractivity contribution < 1.29 is 23.1 Å². The molecular formula is C9H8F3NO2. The van der Waals surface area contributed by atoms with Gasteiger partial charge in [-0.25, -0.2) is 4.79 Å². The predicted octanol–water partition coefficient (Wildman–Crippen LogP) is 2.36. The second kappa shape index (κ2) is 3.88. The van der Waals surface area contributed by atoms with Crippen LogP contribution in [0.15, 0.2) is 12.3 Å². The minimum Gasteiger partial charge on any atom is -0.478 e. The lowest BCUT2D eigenvalue weighted by Gasteiger charge is -2.08. The van der Waals surface area contributed by atoms with E-state index in [1.54, 1.807) is 6.92 Å². The van der Waals surface area contributed by atoms with E-state index in [4.69, 9.17) is 5.11 Å². The second-order valence-electron chi connectivity index (χ2n) is 2.87. The summed E-state index contributed by atoms with van der Waals surface area (Å²) in [4.78, 5) is 14.1. The van der Waals surface area contributed by atoms with Crippen LogP contribution in [0.25, 0.3) is 0 Å². The van der Waals surface area contributed by atoms with E-state index >= 15 is 0 Å². The Balaban J connectivity index is 3.28. The molecule has 0 aliphatic heterocycles. The molecule has 1 heterocycles. The van der Waals surface area contributed by atoms with Gasteiger partial charge in [0.1, 0.15) is 0 Å². The van der Waals surface area contributed by atoms with Gasteiger partial charge in [-0.2, -0.15) is 13.2 Å². The molecule has 0 bridgehead atoms. The normalized spacial score (nSPS) is 11.5. The number of aromatic nitrogens is 1. The van der Waals surface area contributed by atoms with Crippen LogP contribution in [0.5, 0.6) is 0 Å². The molecule has 3 nitrogen and oxygen atoms in total. The summed E-state index contributed by atoms with van der Waals surface area (Å²) in [5, 5.41) is 8.68. The van der Waals surface area contributed by atoms with Gasteiger partial charge in [0.2, 0.25) is 0 Å². The molecule has 1 aromatic heterocycles. The van der Waals surface area contributed by atoms with E-state index in [0.717, 1.165) is 0 Å². The number of aryl methyl sites for hydroxylation is 1. The van der Waals surface area contributed by atoms with Gasteiger partial charge in [-0.15, -0.1) is 0 Å². The Bertz CT molecular complexity index is 387. The minimum atomic E-state index is -4.57. The fourth-order valence-corrected chi connectivity index (χ4v) is 1.12. The van der Waals surface area contributed by atoms with E-state index in [1.807, 2.05) is 0 Å². The highest BCUT2D eigenvalue weighted by Gasteiger charge is 2.32. The van der Waals surface area contributed by atoms with E-state index in [1.165, 1.54) is 0 Å². The monoisotopic (exact) mass is 219 g/mol. The third kappa shape index (κ3) is 2.45. The van der Waals surface area contributed by atoms with Crippen LogP contribution in [0, 0.1) is 0 Å². The number of halogens is 3. The maximum absolute atomic E-state index is 12.2. The number of carboxylic acids is 1. The zero-order valence-electron chi connectivity index (χ0n) is 7.80. The Kier molecular flexibility index (Phi) is 2.97. The van der Waals surface area contributed by atoms with Gasteiger partial charge in [0.25, 0.3) is 0 Å². The van der Waals surface area contributed by atoms with Crippen molar-refractivity contribution in [2.75, 3.05) is 0 Å². The summed E-state index contributed by atoms with van der Waals surface area (Å²) in [5.74, 6) is -1.40. The fourth-order valence-electron chi connectivity index (χ4n) is 1.12. The molecule has 0 unspecified atom stereocenters. The van der Waals surface area contributed by atoms with E-state index in [0.29, 0.717) is 12.3 Å².